The van der Waals surface area contributed by atoms with E-state index in [1.165, 1.54) is 18.3 Å². The smallest absolute Gasteiger partial charge is 0.247 e. The van der Waals surface area contributed by atoms with Crippen molar-refractivity contribution in [1.82, 2.24) is 14.6 Å². The molecule has 21 heavy (non-hydrogen) atoms. The second-order valence-electron chi connectivity index (χ2n) is 4.52. The molecule has 8 nitrogen and oxygen atoms in total. The van der Waals surface area contributed by atoms with Crippen LogP contribution in [0.1, 0.15) is 13.3 Å². The van der Waals surface area contributed by atoms with E-state index < -0.39 is 21.8 Å². The summed E-state index contributed by atoms with van der Waals surface area (Å²) in [4.78, 5) is 26.7. The summed E-state index contributed by atoms with van der Waals surface area (Å²) in [6.45, 7) is 1.75. The average Bonchev–Trinajstić information content (AvgIpc) is 2.44. The van der Waals surface area contributed by atoms with Gasteiger partial charge in [-0.2, -0.15) is 4.31 Å². The summed E-state index contributed by atoms with van der Waals surface area (Å²) >= 11 is 0. The van der Waals surface area contributed by atoms with E-state index in [-0.39, 0.29) is 23.8 Å². The van der Waals surface area contributed by atoms with E-state index in [2.05, 4.69) is 15.6 Å². The zero-order valence-corrected chi connectivity index (χ0v) is 12.3. The molecule has 2 N–H and O–H groups in total. The Morgan fingerprint density at radius 2 is 2.00 bits per heavy atom. The minimum atomic E-state index is -3.96. The number of carbonyl (C=O) groups excluding carboxylic acids is 2. The number of anilines is 1. The number of amides is 2. The maximum absolute atomic E-state index is 12.6. The quantitative estimate of drug-likeness (QED) is 0.713. The highest BCUT2D eigenvalue weighted by molar-refractivity contribution is 7.89. The molecule has 2 heterocycles. The number of aromatic nitrogens is 1. The van der Waals surface area contributed by atoms with Crippen LogP contribution in [-0.2, 0) is 19.6 Å². The second-order valence-corrected chi connectivity index (χ2v) is 6.43. The van der Waals surface area contributed by atoms with Gasteiger partial charge in [0.15, 0.2) is 0 Å². The van der Waals surface area contributed by atoms with Crippen LogP contribution in [0.25, 0.3) is 0 Å². The van der Waals surface area contributed by atoms with Gasteiger partial charge in [-0.05, 0) is 18.6 Å². The monoisotopic (exact) mass is 312 g/mol. The third kappa shape index (κ3) is 3.37. The molecule has 1 aromatic rings. The third-order valence-electron chi connectivity index (χ3n) is 2.85. The second kappa shape index (κ2) is 6.19. The lowest BCUT2D eigenvalue weighted by molar-refractivity contribution is -0.134. The maximum atomic E-state index is 12.6. The largest absolute Gasteiger partial charge is 0.369 e. The van der Waals surface area contributed by atoms with E-state index in [0.29, 0.717) is 6.54 Å². The van der Waals surface area contributed by atoms with Crippen LogP contribution < -0.4 is 10.6 Å². The van der Waals surface area contributed by atoms with Gasteiger partial charge in [0.25, 0.3) is 0 Å². The van der Waals surface area contributed by atoms with Crippen molar-refractivity contribution >= 4 is 27.7 Å². The Bertz CT molecular complexity index is 643. The topological polar surface area (TPSA) is 108 Å². The molecule has 1 aliphatic heterocycles. The van der Waals surface area contributed by atoms with Crippen LogP contribution in [0.5, 0.6) is 0 Å². The molecule has 0 unspecified atom stereocenters. The van der Waals surface area contributed by atoms with Crippen LogP contribution in [0, 0.1) is 0 Å². The highest BCUT2D eigenvalue weighted by Crippen LogP contribution is 2.22. The normalized spacial score (nSPS) is 16.6. The number of nitrogens with one attached hydrogen (secondary N) is 2. The molecule has 0 radical (unpaired) electrons. The van der Waals surface area contributed by atoms with E-state index in [1.807, 2.05) is 6.92 Å². The number of carbonyl (C=O) groups is 2. The molecule has 1 saturated heterocycles. The van der Waals surface area contributed by atoms with Crippen molar-refractivity contribution < 1.29 is 18.0 Å². The Morgan fingerprint density at radius 3 is 2.62 bits per heavy atom. The molecule has 0 atom stereocenters. The summed E-state index contributed by atoms with van der Waals surface area (Å²) < 4.78 is 26.0. The van der Waals surface area contributed by atoms with Crippen molar-refractivity contribution in [3.05, 3.63) is 18.3 Å². The minimum absolute atomic E-state index is 0.0408. The van der Waals surface area contributed by atoms with Crippen molar-refractivity contribution in [2.24, 2.45) is 0 Å². The van der Waals surface area contributed by atoms with Gasteiger partial charge in [0.05, 0.1) is 13.1 Å². The molecule has 1 aliphatic rings. The van der Waals surface area contributed by atoms with Crippen molar-refractivity contribution in [2.45, 2.75) is 18.2 Å². The van der Waals surface area contributed by atoms with Gasteiger partial charge >= 0.3 is 0 Å². The SMILES string of the molecule is CCCNc1ncccc1S(=O)(=O)N1CC(=O)NC(=O)C1. The van der Waals surface area contributed by atoms with Gasteiger partial charge in [0.2, 0.25) is 21.8 Å². The zero-order chi connectivity index (χ0) is 15.5. The number of hydrogen-bond donors (Lipinski definition) is 2. The average molecular weight is 312 g/mol. The number of pyridine rings is 1. The van der Waals surface area contributed by atoms with Crippen molar-refractivity contribution in [3.63, 3.8) is 0 Å². The van der Waals surface area contributed by atoms with Gasteiger partial charge in [0.1, 0.15) is 10.7 Å². The molecule has 1 aromatic heterocycles. The Labute approximate surface area is 122 Å². The lowest BCUT2D eigenvalue weighted by Crippen LogP contribution is -2.53. The van der Waals surface area contributed by atoms with E-state index in [4.69, 9.17) is 0 Å². The summed E-state index contributed by atoms with van der Waals surface area (Å²) in [7, 11) is -3.96. The number of sulfonamides is 1. The van der Waals surface area contributed by atoms with Crippen LogP contribution in [0.2, 0.25) is 0 Å². The molecule has 1 fully saturated rings. The van der Waals surface area contributed by atoms with Crippen LogP contribution >= 0.6 is 0 Å². The van der Waals surface area contributed by atoms with Gasteiger partial charge in [-0.25, -0.2) is 13.4 Å². The van der Waals surface area contributed by atoms with Gasteiger partial charge in [-0.3, -0.25) is 14.9 Å². The molecule has 2 rings (SSSR count). The summed E-state index contributed by atoms with van der Waals surface area (Å²) in [5.74, 6) is -1.05. The predicted molar refractivity (Wildman–Crippen MR) is 74.9 cm³/mol. The molecule has 114 valence electrons. The maximum Gasteiger partial charge on any atom is 0.247 e. The number of hydrogen-bond acceptors (Lipinski definition) is 6. The van der Waals surface area contributed by atoms with Crippen molar-refractivity contribution in [1.29, 1.82) is 0 Å². The summed E-state index contributed by atoms with van der Waals surface area (Å²) in [6.07, 6.45) is 2.28. The van der Waals surface area contributed by atoms with E-state index >= 15 is 0 Å². The third-order valence-corrected chi connectivity index (χ3v) is 4.67. The van der Waals surface area contributed by atoms with Crippen molar-refractivity contribution in [2.75, 3.05) is 25.0 Å². The highest BCUT2D eigenvalue weighted by Gasteiger charge is 2.34. The van der Waals surface area contributed by atoms with E-state index in [0.717, 1.165) is 10.7 Å². The molecule has 0 spiro atoms. The number of rotatable bonds is 5. The first-order valence-corrected chi connectivity index (χ1v) is 7.91. The standard InChI is InChI=1S/C12H16N4O4S/c1-2-5-13-12-9(4-3-6-14-12)21(19,20)16-7-10(17)15-11(18)8-16/h3-4,6H,2,5,7-8H2,1H3,(H,13,14)(H,15,17,18). The van der Waals surface area contributed by atoms with Crippen molar-refractivity contribution in [3.8, 4) is 0 Å². The molecule has 9 heteroatoms. The number of nitrogens with zero attached hydrogens (tertiary/aromatic N) is 2. The summed E-state index contributed by atoms with van der Waals surface area (Å²) in [5, 5.41) is 4.99. The first-order chi connectivity index (χ1) is 9.95. The minimum Gasteiger partial charge on any atom is -0.369 e. The molecule has 0 saturated carbocycles. The lowest BCUT2D eigenvalue weighted by Gasteiger charge is -2.25. The van der Waals surface area contributed by atoms with Crippen LogP contribution in [0.15, 0.2) is 23.2 Å². The number of piperazine rings is 1. The first kappa shape index (κ1) is 15.4. The van der Waals surface area contributed by atoms with Gasteiger partial charge in [-0.15, -0.1) is 0 Å². The first-order valence-electron chi connectivity index (χ1n) is 6.47. The predicted octanol–water partition coefficient (Wildman–Crippen LogP) is -0.449. The van der Waals surface area contributed by atoms with Gasteiger partial charge in [0, 0.05) is 12.7 Å². The molecule has 0 aromatic carbocycles. The lowest BCUT2D eigenvalue weighted by atomic mass is 10.4. The highest BCUT2D eigenvalue weighted by atomic mass is 32.2. The fraction of sp³-hybridized carbons (Fsp3) is 0.417. The van der Waals surface area contributed by atoms with Gasteiger partial charge in [-0.1, -0.05) is 6.92 Å². The molecule has 2 amide bonds. The Kier molecular flexibility index (Phi) is 4.53. The van der Waals surface area contributed by atoms with E-state index in [9.17, 15) is 18.0 Å². The van der Waals surface area contributed by atoms with Crippen LogP contribution in [0.4, 0.5) is 5.82 Å². The summed E-state index contributed by atoms with van der Waals surface area (Å²) in [6, 6.07) is 2.90. The summed E-state index contributed by atoms with van der Waals surface area (Å²) in [5.41, 5.74) is 0. The van der Waals surface area contributed by atoms with E-state index in [1.54, 1.807) is 0 Å². The molecular formula is C12H16N4O4S. The Balaban J connectivity index is 2.35. The fourth-order valence-corrected chi connectivity index (χ4v) is 3.37. The molecule has 0 aliphatic carbocycles. The van der Waals surface area contributed by atoms with Crippen LogP contribution in [0.3, 0.4) is 0 Å². The Morgan fingerprint density at radius 1 is 1.33 bits per heavy atom. The van der Waals surface area contributed by atoms with Gasteiger partial charge < -0.3 is 5.32 Å². The fourth-order valence-electron chi connectivity index (χ4n) is 1.89. The zero-order valence-electron chi connectivity index (χ0n) is 11.5. The number of imide groups is 1. The molecule has 0 bridgehead atoms. The van der Waals surface area contributed by atoms with Crippen LogP contribution in [-0.4, -0.2) is 49.2 Å². The molecular weight excluding hydrogens is 296 g/mol. The Hall–Kier alpha value is -2.00.